The molecule has 202 valence electrons. The van der Waals surface area contributed by atoms with E-state index in [1.807, 2.05) is 0 Å². The van der Waals surface area contributed by atoms with Crippen LogP contribution >= 0.6 is 0 Å². The summed E-state index contributed by atoms with van der Waals surface area (Å²) >= 11 is -2.64. The van der Waals surface area contributed by atoms with Gasteiger partial charge in [-0.2, -0.15) is 0 Å². The number of benzene rings is 4. The molecule has 6 rings (SSSR count). The van der Waals surface area contributed by atoms with Crippen molar-refractivity contribution >= 4 is 14.6 Å². The van der Waals surface area contributed by atoms with E-state index in [1.165, 1.54) is 44.8 Å². The minimum atomic E-state index is -2.64. The summed E-state index contributed by atoms with van der Waals surface area (Å²) in [5.41, 5.74) is 11.1. The molecule has 0 unspecified atom stereocenters. The Morgan fingerprint density at radius 3 is 1.52 bits per heavy atom. The van der Waals surface area contributed by atoms with Gasteiger partial charge in [0.1, 0.15) is 0 Å². The number of allylic oxidation sites excluding steroid dienone is 4. The Morgan fingerprint density at radius 1 is 0.650 bits per heavy atom. The molecular formula is C35H34Cl2N2Zr. The van der Waals surface area contributed by atoms with E-state index >= 15 is 0 Å². The van der Waals surface area contributed by atoms with Crippen LogP contribution in [0, 0.1) is 0 Å². The van der Waals surface area contributed by atoms with Crippen molar-refractivity contribution in [1.82, 2.24) is 0 Å². The maximum Gasteiger partial charge on any atom is -1.00 e. The molecule has 5 heteroatoms. The van der Waals surface area contributed by atoms with E-state index in [9.17, 15) is 0 Å². The van der Waals surface area contributed by atoms with Gasteiger partial charge in [0.25, 0.3) is 0 Å². The van der Waals surface area contributed by atoms with Crippen molar-refractivity contribution in [2.24, 2.45) is 0 Å². The summed E-state index contributed by atoms with van der Waals surface area (Å²) in [7, 11) is 8.60. The van der Waals surface area contributed by atoms with Crippen molar-refractivity contribution in [3.63, 3.8) is 0 Å². The summed E-state index contributed by atoms with van der Waals surface area (Å²) in [6, 6.07) is 36.6. The molecule has 0 amide bonds. The van der Waals surface area contributed by atoms with Crippen molar-refractivity contribution in [2.45, 2.75) is 10.0 Å². The van der Waals surface area contributed by atoms with E-state index < -0.39 is 21.3 Å². The third-order valence-electron chi connectivity index (χ3n) is 7.82. The second kappa shape index (κ2) is 12.9. The molecule has 0 fully saturated rings. The molecule has 4 aromatic rings. The van der Waals surface area contributed by atoms with Gasteiger partial charge in [0, 0.05) is 0 Å². The topological polar surface area (TPSA) is 6.48 Å². The fourth-order valence-electron chi connectivity index (χ4n) is 5.93. The van der Waals surface area contributed by atoms with Gasteiger partial charge < -0.3 is 24.8 Å². The van der Waals surface area contributed by atoms with Crippen LogP contribution in [0.5, 0.6) is 0 Å². The normalized spacial score (nSPS) is 12.7. The van der Waals surface area contributed by atoms with Crippen molar-refractivity contribution in [3.05, 3.63) is 141 Å². The van der Waals surface area contributed by atoms with E-state index in [4.69, 9.17) is 0 Å². The predicted octanol–water partition coefficient (Wildman–Crippen LogP) is 1.63. The summed E-state index contributed by atoms with van der Waals surface area (Å²) in [4.78, 5) is 4.48. The molecule has 0 heterocycles. The molecule has 2 aliphatic rings. The van der Waals surface area contributed by atoms with Crippen molar-refractivity contribution in [2.75, 3.05) is 38.0 Å². The zero-order chi connectivity index (χ0) is 26.2. The number of rotatable bonds is 6. The van der Waals surface area contributed by atoms with Gasteiger partial charge in [0.05, 0.1) is 0 Å². The zero-order valence-corrected chi connectivity index (χ0v) is 27.4. The van der Waals surface area contributed by atoms with E-state index in [0.29, 0.717) is 3.63 Å². The molecule has 2 aliphatic carbocycles. The van der Waals surface area contributed by atoms with Crippen LogP contribution in [0.4, 0.5) is 11.4 Å². The molecule has 2 nitrogen and oxygen atoms in total. The van der Waals surface area contributed by atoms with Crippen LogP contribution in [0.3, 0.4) is 0 Å². The first-order valence-corrected chi connectivity index (χ1v) is 17.2. The van der Waals surface area contributed by atoms with Crippen LogP contribution in [-0.2, 0) is 21.3 Å². The van der Waals surface area contributed by atoms with Gasteiger partial charge in [-0.1, -0.05) is 0 Å². The third kappa shape index (κ3) is 5.57. The SMILES string of the molecule is CN(C)c1ccc2c(c1)[CH]([Zr+2]([C]1=CC=CC1)=[C](c1ccccc1)c1ccccc1)c1cc(N(C)C)ccc1-2.[Cl-].[Cl-]. The van der Waals surface area contributed by atoms with Gasteiger partial charge in [-0.25, -0.2) is 0 Å². The van der Waals surface area contributed by atoms with E-state index in [-0.39, 0.29) is 24.8 Å². The van der Waals surface area contributed by atoms with E-state index in [1.54, 1.807) is 6.49 Å². The van der Waals surface area contributed by atoms with Crippen LogP contribution in [0.1, 0.15) is 32.3 Å². The summed E-state index contributed by atoms with van der Waals surface area (Å²) in [6.07, 6.45) is 8.16. The molecule has 0 saturated heterocycles. The maximum absolute atomic E-state index is 2.64. The Bertz CT molecular complexity index is 1490. The second-order valence-corrected chi connectivity index (χ2v) is 16.9. The van der Waals surface area contributed by atoms with Gasteiger partial charge in [0.15, 0.2) is 0 Å². The molecule has 0 aromatic heterocycles. The van der Waals surface area contributed by atoms with Crippen LogP contribution in [0.25, 0.3) is 11.1 Å². The molecule has 0 spiro atoms. The van der Waals surface area contributed by atoms with Gasteiger partial charge in [-0.15, -0.1) is 0 Å². The van der Waals surface area contributed by atoms with Crippen molar-refractivity contribution < 1.29 is 46.1 Å². The summed E-state index contributed by atoms with van der Waals surface area (Å²) in [5, 5.41) is 0. The molecular weight excluding hydrogens is 611 g/mol. The molecule has 0 aliphatic heterocycles. The second-order valence-electron chi connectivity index (χ2n) is 10.6. The minimum Gasteiger partial charge on any atom is -1.00 e. The summed E-state index contributed by atoms with van der Waals surface area (Å²) < 4.78 is 3.67. The average Bonchev–Trinajstić information content (AvgIpc) is 3.58. The Morgan fingerprint density at radius 2 is 1.12 bits per heavy atom. The summed E-state index contributed by atoms with van der Waals surface area (Å²) in [6.45, 7) is 0. The maximum atomic E-state index is 2.48. The number of halogens is 2. The zero-order valence-electron chi connectivity index (χ0n) is 23.4. The largest absolute Gasteiger partial charge is 1.00 e. The predicted molar refractivity (Wildman–Crippen MR) is 160 cm³/mol. The quantitative estimate of drug-likeness (QED) is 0.315. The molecule has 4 aromatic carbocycles. The van der Waals surface area contributed by atoms with Gasteiger partial charge >= 0.3 is 236 Å². The van der Waals surface area contributed by atoms with Gasteiger partial charge in [0.2, 0.25) is 0 Å². The molecule has 0 atom stereocenters. The fraction of sp³-hybridized carbons (Fsp3) is 0.171. The van der Waals surface area contributed by atoms with Crippen molar-refractivity contribution in [3.8, 4) is 11.1 Å². The Labute approximate surface area is 259 Å². The first-order valence-electron chi connectivity index (χ1n) is 13.4. The van der Waals surface area contributed by atoms with E-state index in [0.717, 1.165) is 6.42 Å². The summed E-state index contributed by atoms with van der Waals surface area (Å²) in [5.74, 6) is 0. The van der Waals surface area contributed by atoms with Crippen LogP contribution in [0.2, 0.25) is 0 Å². The number of nitrogens with zero attached hydrogens (tertiary/aromatic N) is 2. The average molecular weight is 645 g/mol. The molecule has 0 saturated carbocycles. The number of fused-ring (bicyclic) bond motifs is 3. The minimum absolute atomic E-state index is 0. The smallest absolute Gasteiger partial charge is 1.00 e. The molecule has 40 heavy (non-hydrogen) atoms. The number of anilines is 2. The molecule has 0 radical (unpaired) electrons. The standard InChI is InChI=1S/C17H19N2.C13H10.C5H5.2ClH.Zr/c1-18(2)14-5-7-16-12(10-14)9-13-11-15(19(3)4)6-8-17(13)16;1-3-7-12(8-4-1)11-13-9-5-2-6-10-13;1-2-4-5-3-1;;;/h5-11H,1-4H3;1-10H;1-3H,4H2;2*1H;/q;;;;;+2/p-2. The fourth-order valence-corrected chi connectivity index (χ4v) is 14.9. The number of hydrogen-bond acceptors (Lipinski definition) is 2. The Kier molecular flexibility index (Phi) is 9.73. The number of hydrogen-bond donors (Lipinski definition) is 0. The van der Waals surface area contributed by atoms with Crippen molar-refractivity contribution in [1.29, 1.82) is 0 Å². The Balaban J connectivity index is 0.00000185. The van der Waals surface area contributed by atoms with Crippen LogP contribution in [-0.4, -0.2) is 31.4 Å². The van der Waals surface area contributed by atoms with Gasteiger partial charge in [-0.05, 0) is 0 Å². The third-order valence-corrected chi connectivity index (χ3v) is 16.1. The van der Waals surface area contributed by atoms with E-state index in [2.05, 4.69) is 153 Å². The first kappa shape index (κ1) is 30.3. The van der Waals surface area contributed by atoms with Crippen LogP contribution in [0.15, 0.2) is 119 Å². The monoisotopic (exact) mass is 642 g/mol. The molecule has 0 bridgehead atoms. The van der Waals surface area contributed by atoms with Crippen LogP contribution < -0.4 is 34.6 Å². The Hall–Kier alpha value is -2.71. The first-order chi connectivity index (χ1) is 18.5. The van der Waals surface area contributed by atoms with Gasteiger partial charge in [-0.3, -0.25) is 0 Å². The molecule has 0 N–H and O–H groups in total.